The molecule has 0 saturated carbocycles. The maximum absolute atomic E-state index is 6.37. The van der Waals surface area contributed by atoms with Gasteiger partial charge < -0.3 is 13.9 Å². The first-order valence-corrected chi connectivity index (χ1v) is 19.4. The van der Waals surface area contributed by atoms with Crippen molar-refractivity contribution in [3.8, 4) is 39.1 Å². The fourth-order valence-electron chi connectivity index (χ4n) is 8.46. The standard InChI is InChI=1S/C54H36N2O/c1-3-12-37(13-4-1)38-22-29-43(30-23-38)55(42-14-5-2-6-15-42)44-31-24-39(25-32-44)41-28-35-52-50(36-41)47-16-7-9-20-51(47)56(52)45-33-26-40(27-34-45)46-18-11-19-49-48-17-8-10-21-53(48)57-54(46)49/h1-36H. The van der Waals surface area contributed by atoms with Crippen molar-refractivity contribution in [2.45, 2.75) is 0 Å². The van der Waals surface area contributed by atoms with Gasteiger partial charge >= 0.3 is 0 Å². The molecule has 0 amide bonds. The Hall–Kier alpha value is -7.62. The Bertz CT molecular complexity index is 3200. The highest BCUT2D eigenvalue weighted by atomic mass is 16.3. The summed E-state index contributed by atoms with van der Waals surface area (Å²) in [5.74, 6) is 0. The molecular weight excluding hydrogens is 693 g/mol. The van der Waals surface area contributed by atoms with E-state index in [1.54, 1.807) is 0 Å². The number of rotatable bonds is 7. The Morgan fingerprint density at radius 3 is 1.60 bits per heavy atom. The van der Waals surface area contributed by atoms with Gasteiger partial charge in [0, 0.05) is 49.9 Å². The molecular formula is C54H36N2O. The molecule has 2 heterocycles. The highest BCUT2D eigenvalue weighted by Gasteiger charge is 2.17. The average Bonchev–Trinajstić information content (AvgIpc) is 3.84. The van der Waals surface area contributed by atoms with Crippen molar-refractivity contribution < 1.29 is 4.42 Å². The lowest BCUT2D eigenvalue weighted by molar-refractivity contribution is 0.670. The summed E-state index contributed by atoms with van der Waals surface area (Å²) in [5.41, 5.74) is 15.7. The van der Waals surface area contributed by atoms with Gasteiger partial charge in [-0.05, 0) is 101 Å². The molecule has 2 aromatic heterocycles. The average molecular weight is 729 g/mol. The van der Waals surface area contributed by atoms with Crippen LogP contribution in [0, 0.1) is 0 Å². The summed E-state index contributed by atoms with van der Waals surface area (Å²) in [5, 5.41) is 4.75. The van der Waals surface area contributed by atoms with Gasteiger partial charge in [-0.25, -0.2) is 0 Å². The Kier molecular flexibility index (Phi) is 7.82. The SMILES string of the molecule is c1ccc(-c2ccc(N(c3ccccc3)c3ccc(-c4ccc5c(c4)c4ccccc4n5-c4ccc(-c5cccc6c5oc5ccccc56)cc4)cc3)cc2)cc1. The molecule has 11 rings (SSSR count). The lowest BCUT2D eigenvalue weighted by Crippen LogP contribution is -2.09. The molecule has 3 heteroatoms. The fraction of sp³-hybridized carbons (Fsp3) is 0. The maximum atomic E-state index is 6.37. The van der Waals surface area contributed by atoms with Crippen LogP contribution in [-0.2, 0) is 0 Å². The van der Waals surface area contributed by atoms with Crippen LogP contribution < -0.4 is 4.90 Å². The highest BCUT2D eigenvalue weighted by molar-refractivity contribution is 6.11. The third-order valence-electron chi connectivity index (χ3n) is 11.2. The zero-order chi connectivity index (χ0) is 37.7. The first-order chi connectivity index (χ1) is 28.3. The van der Waals surface area contributed by atoms with Crippen molar-refractivity contribution in [1.82, 2.24) is 4.57 Å². The number of benzene rings is 9. The molecule has 57 heavy (non-hydrogen) atoms. The van der Waals surface area contributed by atoms with E-state index >= 15 is 0 Å². The highest BCUT2D eigenvalue weighted by Crippen LogP contribution is 2.40. The quantitative estimate of drug-likeness (QED) is 0.163. The number of hydrogen-bond donors (Lipinski definition) is 0. The van der Waals surface area contributed by atoms with E-state index in [-0.39, 0.29) is 0 Å². The Labute approximate surface area is 330 Å². The molecule has 0 aliphatic rings. The van der Waals surface area contributed by atoms with Gasteiger partial charge in [0.05, 0.1) is 11.0 Å². The van der Waals surface area contributed by atoms with Gasteiger partial charge in [0.15, 0.2) is 0 Å². The third-order valence-corrected chi connectivity index (χ3v) is 11.2. The lowest BCUT2D eigenvalue weighted by atomic mass is 10.0. The van der Waals surface area contributed by atoms with E-state index in [0.29, 0.717) is 0 Å². The summed E-state index contributed by atoms with van der Waals surface area (Å²) >= 11 is 0. The zero-order valence-corrected chi connectivity index (χ0v) is 31.1. The van der Waals surface area contributed by atoms with Crippen LogP contribution >= 0.6 is 0 Å². The second-order valence-corrected chi connectivity index (χ2v) is 14.5. The molecule has 0 saturated heterocycles. The van der Waals surface area contributed by atoms with Crippen LogP contribution in [0.4, 0.5) is 17.1 Å². The predicted octanol–water partition coefficient (Wildman–Crippen LogP) is 15.2. The van der Waals surface area contributed by atoms with Gasteiger partial charge in [-0.15, -0.1) is 0 Å². The summed E-state index contributed by atoms with van der Waals surface area (Å²) in [6, 6.07) is 78.0. The van der Waals surface area contributed by atoms with Crippen LogP contribution in [0.3, 0.4) is 0 Å². The summed E-state index contributed by atoms with van der Waals surface area (Å²) in [4.78, 5) is 2.32. The van der Waals surface area contributed by atoms with E-state index in [2.05, 4.69) is 216 Å². The van der Waals surface area contributed by atoms with Crippen molar-refractivity contribution in [3.63, 3.8) is 0 Å². The summed E-state index contributed by atoms with van der Waals surface area (Å²) in [6.45, 7) is 0. The Morgan fingerprint density at radius 1 is 0.333 bits per heavy atom. The molecule has 0 bridgehead atoms. The molecule has 0 fully saturated rings. The van der Waals surface area contributed by atoms with Crippen molar-refractivity contribution in [1.29, 1.82) is 0 Å². The largest absolute Gasteiger partial charge is 0.455 e. The molecule has 0 aliphatic carbocycles. The molecule has 0 aliphatic heterocycles. The van der Waals surface area contributed by atoms with Gasteiger partial charge in [0.2, 0.25) is 0 Å². The molecule has 0 atom stereocenters. The molecule has 268 valence electrons. The molecule has 3 nitrogen and oxygen atoms in total. The van der Waals surface area contributed by atoms with Crippen molar-refractivity contribution in [3.05, 3.63) is 218 Å². The van der Waals surface area contributed by atoms with Crippen LogP contribution in [-0.4, -0.2) is 4.57 Å². The van der Waals surface area contributed by atoms with E-state index < -0.39 is 0 Å². The Balaban J connectivity index is 0.940. The molecule has 11 aromatic rings. The van der Waals surface area contributed by atoms with Gasteiger partial charge in [0.1, 0.15) is 11.2 Å². The van der Waals surface area contributed by atoms with E-state index in [1.165, 1.54) is 44.1 Å². The van der Waals surface area contributed by atoms with Crippen molar-refractivity contribution in [2.24, 2.45) is 0 Å². The van der Waals surface area contributed by atoms with Crippen LogP contribution in [0.5, 0.6) is 0 Å². The minimum Gasteiger partial charge on any atom is -0.455 e. The topological polar surface area (TPSA) is 21.3 Å². The number of nitrogens with zero attached hydrogens (tertiary/aromatic N) is 2. The van der Waals surface area contributed by atoms with Crippen molar-refractivity contribution in [2.75, 3.05) is 4.90 Å². The number of para-hydroxylation sites is 4. The normalized spacial score (nSPS) is 11.5. The fourth-order valence-corrected chi connectivity index (χ4v) is 8.46. The van der Waals surface area contributed by atoms with Crippen molar-refractivity contribution >= 4 is 60.8 Å². The predicted molar refractivity (Wildman–Crippen MR) is 239 cm³/mol. The van der Waals surface area contributed by atoms with Crippen LogP contribution in [0.25, 0.3) is 82.8 Å². The summed E-state index contributed by atoms with van der Waals surface area (Å²) < 4.78 is 8.75. The van der Waals surface area contributed by atoms with E-state index in [0.717, 1.165) is 55.8 Å². The smallest absolute Gasteiger partial charge is 0.143 e. The summed E-state index contributed by atoms with van der Waals surface area (Å²) in [6.07, 6.45) is 0. The second-order valence-electron chi connectivity index (χ2n) is 14.5. The molecule has 9 aromatic carbocycles. The molecule has 0 radical (unpaired) electrons. The number of furan rings is 1. The van der Waals surface area contributed by atoms with Crippen LogP contribution in [0.2, 0.25) is 0 Å². The number of anilines is 3. The first-order valence-electron chi connectivity index (χ1n) is 19.4. The maximum Gasteiger partial charge on any atom is 0.143 e. The number of aromatic nitrogens is 1. The van der Waals surface area contributed by atoms with Crippen LogP contribution in [0.15, 0.2) is 223 Å². The van der Waals surface area contributed by atoms with E-state index in [4.69, 9.17) is 4.42 Å². The minimum absolute atomic E-state index is 0.913. The van der Waals surface area contributed by atoms with Gasteiger partial charge in [0.25, 0.3) is 0 Å². The minimum atomic E-state index is 0.913. The van der Waals surface area contributed by atoms with E-state index in [9.17, 15) is 0 Å². The molecule has 0 spiro atoms. The van der Waals surface area contributed by atoms with Gasteiger partial charge in [-0.2, -0.15) is 0 Å². The summed E-state index contributed by atoms with van der Waals surface area (Å²) in [7, 11) is 0. The molecule has 0 N–H and O–H groups in total. The van der Waals surface area contributed by atoms with Gasteiger partial charge in [-0.3, -0.25) is 0 Å². The monoisotopic (exact) mass is 728 g/mol. The molecule has 0 unspecified atom stereocenters. The van der Waals surface area contributed by atoms with Crippen LogP contribution in [0.1, 0.15) is 0 Å². The lowest BCUT2D eigenvalue weighted by Gasteiger charge is -2.26. The second kappa shape index (κ2) is 13.6. The zero-order valence-electron chi connectivity index (χ0n) is 31.1. The number of hydrogen-bond acceptors (Lipinski definition) is 2. The first kappa shape index (κ1) is 32.8. The number of fused-ring (bicyclic) bond motifs is 6. The van der Waals surface area contributed by atoms with E-state index in [1.807, 2.05) is 12.1 Å². The third kappa shape index (κ3) is 5.68. The Morgan fingerprint density at radius 2 is 0.860 bits per heavy atom. The van der Waals surface area contributed by atoms with Gasteiger partial charge in [-0.1, -0.05) is 146 Å².